The lowest BCUT2D eigenvalue weighted by Gasteiger charge is -2.24. The Morgan fingerprint density at radius 1 is 1.00 bits per heavy atom. The lowest BCUT2D eigenvalue weighted by Crippen LogP contribution is -2.36. The third-order valence-corrected chi connectivity index (χ3v) is 3.19. The summed E-state index contributed by atoms with van der Waals surface area (Å²) in [5, 5.41) is 20.1. The van der Waals surface area contributed by atoms with E-state index in [2.05, 4.69) is 0 Å². The van der Waals surface area contributed by atoms with Crippen molar-refractivity contribution >= 4 is 12.0 Å². The van der Waals surface area contributed by atoms with E-state index in [0.717, 1.165) is 5.56 Å². The summed E-state index contributed by atoms with van der Waals surface area (Å²) in [4.78, 5) is 11.6. The molecule has 0 aliphatic heterocycles. The summed E-state index contributed by atoms with van der Waals surface area (Å²) in [6, 6.07) is 15.2. The number of aliphatic hydroxyl groups is 1. The minimum absolute atomic E-state index is 0.337. The minimum atomic E-state index is -2.03. The van der Waals surface area contributed by atoms with Gasteiger partial charge in [-0.15, -0.1) is 0 Å². The highest BCUT2D eigenvalue weighted by Crippen LogP contribution is 2.30. The van der Waals surface area contributed by atoms with E-state index in [1.165, 1.54) is 0 Å². The Morgan fingerprint density at radius 3 is 2.05 bits per heavy atom. The van der Waals surface area contributed by atoms with Gasteiger partial charge in [0, 0.05) is 0 Å². The van der Waals surface area contributed by atoms with Gasteiger partial charge in [-0.25, -0.2) is 4.79 Å². The molecule has 3 heteroatoms. The zero-order chi connectivity index (χ0) is 14.6. The Kier molecular flexibility index (Phi) is 4.01. The molecule has 0 aromatic heterocycles. The van der Waals surface area contributed by atoms with Crippen LogP contribution in [-0.2, 0) is 10.4 Å². The number of carboxylic acid groups (broad SMARTS) is 1. The third-order valence-electron chi connectivity index (χ3n) is 3.19. The molecule has 2 N–H and O–H groups in total. The fourth-order valence-corrected chi connectivity index (χ4v) is 2.12. The van der Waals surface area contributed by atoms with Gasteiger partial charge in [-0.05, 0) is 23.6 Å². The second-order valence-electron chi connectivity index (χ2n) is 4.50. The van der Waals surface area contributed by atoms with Gasteiger partial charge < -0.3 is 10.2 Å². The van der Waals surface area contributed by atoms with Crippen molar-refractivity contribution in [3.8, 4) is 0 Å². The van der Waals surface area contributed by atoms with Gasteiger partial charge in [-0.3, -0.25) is 0 Å². The number of hydrogen-bond donors (Lipinski definition) is 2. The minimum Gasteiger partial charge on any atom is -0.479 e. The van der Waals surface area contributed by atoms with Gasteiger partial charge >= 0.3 is 5.97 Å². The number of carboxylic acids is 1. The molecule has 0 saturated carbocycles. The van der Waals surface area contributed by atoms with E-state index in [4.69, 9.17) is 0 Å². The standard InChI is InChI=1S/C17H16O3/c1-2-6-13-9-11-15(12-10-13)17(20,16(18)19)14-7-4-3-5-8-14/h2-12,20H,1H3,(H,18,19)/b6-2-. The largest absolute Gasteiger partial charge is 0.479 e. The summed E-state index contributed by atoms with van der Waals surface area (Å²) in [7, 11) is 0. The quantitative estimate of drug-likeness (QED) is 0.896. The number of hydrogen-bond acceptors (Lipinski definition) is 2. The lowest BCUT2D eigenvalue weighted by atomic mass is 9.86. The second-order valence-corrected chi connectivity index (χ2v) is 4.50. The van der Waals surface area contributed by atoms with Crippen LogP contribution in [0.25, 0.3) is 6.08 Å². The maximum atomic E-state index is 11.6. The highest BCUT2D eigenvalue weighted by Gasteiger charge is 2.39. The molecule has 0 heterocycles. The molecule has 102 valence electrons. The zero-order valence-electron chi connectivity index (χ0n) is 11.2. The van der Waals surface area contributed by atoms with Crippen LogP contribution in [0, 0.1) is 0 Å². The van der Waals surface area contributed by atoms with Crippen LogP contribution in [0.4, 0.5) is 0 Å². The molecule has 0 aliphatic carbocycles. The van der Waals surface area contributed by atoms with Crippen molar-refractivity contribution in [1.82, 2.24) is 0 Å². The summed E-state index contributed by atoms with van der Waals surface area (Å²) in [5.74, 6) is -1.29. The highest BCUT2D eigenvalue weighted by molar-refractivity contribution is 5.83. The van der Waals surface area contributed by atoms with Crippen molar-refractivity contribution in [2.24, 2.45) is 0 Å². The normalized spacial score (nSPS) is 14.1. The number of rotatable bonds is 4. The predicted octanol–water partition coefficient (Wildman–Crippen LogP) is 3.04. The van der Waals surface area contributed by atoms with Crippen molar-refractivity contribution in [3.05, 3.63) is 77.4 Å². The van der Waals surface area contributed by atoms with Gasteiger partial charge in [0.1, 0.15) is 0 Å². The second kappa shape index (κ2) is 5.72. The van der Waals surface area contributed by atoms with Crippen LogP contribution in [0.1, 0.15) is 23.6 Å². The van der Waals surface area contributed by atoms with E-state index in [-0.39, 0.29) is 0 Å². The van der Waals surface area contributed by atoms with E-state index < -0.39 is 11.6 Å². The molecule has 0 radical (unpaired) electrons. The fraction of sp³-hybridized carbons (Fsp3) is 0.118. The Labute approximate surface area is 117 Å². The van der Waals surface area contributed by atoms with Crippen LogP contribution >= 0.6 is 0 Å². The van der Waals surface area contributed by atoms with Gasteiger partial charge in [0.05, 0.1) is 0 Å². The first kappa shape index (κ1) is 14.0. The average Bonchev–Trinajstić information content (AvgIpc) is 2.48. The molecule has 0 amide bonds. The van der Waals surface area contributed by atoms with Crippen molar-refractivity contribution in [1.29, 1.82) is 0 Å². The molecule has 20 heavy (non-hydrogen) atoms. The summed E-state index contributed by atoms with van der Waals surface area (Å²) < 4.78 is 0. The van der Waals surface area contributed by atoms with Crippen molar-refractivity contribution in [3.63, 3.8) is 0 Å². The Hall–Kier alpha value is -2.39. The third kappa shape index (κ3) is 2.49. The topological polar surface area (TPSA) is 57.5 Å². The van der Waals surface area contributed by atoms with Crippen LogP contribution in [-0.4, -0.2) is 16.2 Å². The highest BCUT2D eigenvalue weighted by atomic mass is 16.4. The monoisotopic (exact) mass is 268 g/mol. The lowest BCUT2D eigenvalue weighted by molar-refractivity contribution is -0.155. The molecular formula is C17H16O3. The Bertz CT molecular complexity index is 614. The number of aliphatic carboxylic acids is 1. The SMILES string of the molecule is C/C=C\c1ccc(C(O)(C(=O)O)c2ccccc2)cc1. The van der Waals surface area contributed by atoms with Crippen LogP contribution < -0.4 is 0 Å². The van der Waals surface area contributed by atoms with E-state index in [1.807, 2.05) is 19.1 Å². The molecule has 2 rings (SSSR count). The van der Waals surface area contributed by atoms with E-state index in [0.29, 0.717) is 11.1 Å². The van der Waals surface area contributed by atoms with Gasteiger partial charge in [-0.1, -0.05) is 66.7 Å². The molecule has 2 aromatic rings. The van der Waals surface area contributed by atoms with Gasteiger partial charge in [0.15, 0.2) is 0 Å². The van der Waals surface area contributed by atoms with Crippen molar-refractivity contribution in [2.75, 3.05) is 0 Å². The number of carbonyl (C=O) groups is 1. The van der Waals surface area contributed by atoms with Crippen LogP contribution in [0.15, 0.2) is 60.7 Å². The maximum absolute atomic E-state index is 11.6. The van der Waals surface area contributed by atoms with E-state index in [1.54, 1.807) is 54.6 Å². The van der Waals surface area contributed by atoms with Crippen molar-refractivity contribution in [2.45, 2.75) is 12.5 Å². The fourth-order valence-electron chi connectivity index (χ4n) is 2.12. The first-order valence-corrected chi connectivity index (χ1v) is 6.33. The predicted molar refractivity (Wildman–Crippen MR) is 78.2 cm³/mol. The zero-order valence-corrected chi connectivity index (χ0v) is 11.2. The first-order chi connectivity index (χ1) is 9.59. The first-order valence-electron chi connectivity index (χ1n) is 6.33. The van der Waals surface area contributed by atoms with Crippen molar-refractivity contribution < 1.29 is 15.0 Å². The molecule has 0 fully saturated rings. The molecule has 2 aromatic carbocycles. The summed E-state index contributed by atoms with van der Waals surface area (Å²) in [6.45, 7) is 1.91. The average molecular weight is 268 g/mol. The Morgan fingerprint density at radius 2 is 1.55 bits per heavy atom. The molecule has 0 aliphatic rings. The van der Waals surface area contributed by atoms with Crippen LogP contribution in [0.5, 0.6) is 0 Å². The molecule has 1 atom stereocenters. The molecular weight excluding hydrogens is 252 g/mol. The summed E-state index contributed by atoms with van der Waals surface area (Å²) in [5.41, 5.74) is -0.400. The van der Waals surface area contributed by atoms with Gasteiger partial charge in [0.2, 0.25) is 5.60 Å². The van der Waals surface area contributed by atoms with E-state index in [9.17, 15) is 15.0 Å². The number of benzene rings is 2. The molecule has 0 saturated heterocycles. The van der Waals surface area contributed by atoms with Gasteiger partial charge in [-0.2, -0.15) is 0 Å². The maximum Gasteiger partial charge on any atom is 0.345 e. The smallest absolute Gasteiger partial charge is 0.345 e. The molecule has 0 spiro atoms. The van der Waals surface area contributed by atoms with Crippen LogP contribution in [0.2, 0.25) is 0 Å². The summed E-state index contributed by atoms with van der Waals surface area (Å²) in [6.07, 6.45) is 3.81. The summed E-state index contributed by atoms with van der Waals surface area (Å²) >= 11 is 0. The molecule has 3 nitrogen and oxygen atoms in total. The van der Waals surface area contributed by atoms with Gasteiger partial charge in [0.25, 0.3) is 0 Å². The van der Waals surface area contributed by atoms with E-state index >= 15 is 0 Å². The molecule has 1 unspecified atom stereocenters. The number of allylic oxidation sites excluding steroid dienone is 1. The molecule has 0 bridgehead atoms. The van der Waals surface area contributed by atoms with Crippen LogP contribution in [0.3, 0.4) is 0 Å². The Balaban J connectivity index is 2.51.